The van der Waals surface area contributed by atoms with Gasteiger partial charge in [0, 0.05) is 0 Å². The van der Waals surface area contributed by atoms with Crippen LogP contribution in [0.2, 0.25) is 0 Å². The normalized spacial score (nSPS) is 15.8. The minimum Gasteiger partial charge on any atom is -0.0696 e. The Hall–Kier alpha value is -7.54. The maximum atomic E-state index is 2.44. The summed E-state index contributed by atoms with van der Waals surface area (Å²) >= 11 is 0. The van der Waals surface area contributed by atoms with Crippen molar-refractivity contribution >= 4 is 58.4 Å². The van der Waals surface area contributed by atoms with Gasteiger partial charge in [0.05, 0.1) is 0 Å². The average molecular weight is 1010 g/mol. The van der Waals surface area contributed by atoms with Crippen molar-refractivity contribution in [3.05, 3.63) is 260 Å². The standard InChI is InChI=1S/C78H76/c1-5-15-57(16-6-1)51-61-25-41-69(42-26-61)77(70-43-27-62(28-44-70)52-58-17-7-2-8-18-58)55-65-33-37-67(38-34-65)73-49-50-74(76-24-14-13-23-75(73)76)68-39-35-66(36-40-68)56-78(71-45-29-63(30-46-71)53-59-19-9-3-10-20-59)72-47-31-64(32-48-72)54-60-21-11-4-12-22-60/h13-14,23-56H,1-12,15-22H2. The first-order valence-electron chi connectivity index (χ1n) is 30.0. The van der Waals surface area contributed by atoms with Crippen LogP contribution in [0.4, 0.5) is 0 Å². The van der Waals surface area contributed by atoms with E-state index in [9.17, 15) is 0 Å². The van der Waals surface area contributed by atoms with Gasteiger partial charge in [0.1, 0.15) is 0 Å². The number of allylic oxidation sites excluding steroid dienone is 4. The summed E-state index contributed by atoms with van der Waals surface area (Å²) in [7, 11) is 0. The Labute approximate surface area is 466 Å². The third-order valence-electron chi connectivity index (χ3n) is 17.3. The summed E-state index contributed by atoms with van der Waals surface area (Å²) in [5, 5.41) is 2.53. The number of hydrogen-bond donors (Lipinski definition) is 0. The molecule has 12 rings (SSSR count). The molecule has 0 atom stereocenters. The Balaban J connectivity index is 0.821. The lowest BCUT2D eigenvalue weighted by Gasteiger charge is -2.15. The van der Waals surface area contributed by atoms with E-state index < -0.39 is 0 Å². The second-order valence-corrected chi connectivity index (χ2v) is 23.0. The van der Waals surface area contributed by atoms with Crippen molar-refractivity contribution in [2.75, 3.05) is 0 Å². The van der Waals surface area contributed by atoms with Gasteiger partial charge in [-0.05, 0) is 215 Å². The number of rotatable bonds is 12. The molecule has 4 saturated carbocycles. The maximum absolute atomic E-state index is 2.44. The molecule has 0 saturated heterocycles. The molecule has 4 fully saturated rings. The van der Waals surface area contributed by atoms with E-state index in [0.717, 1.165) is 0 Å². The van der Waals surface area contributed by atoms with Gasteiger partial charge in [-0.1, -0.05) is 254 Å². The zero-order valence-corrected chi connectivity index (χ0v) is 45.9. The summed E-state index contributed by atoms with van der Waals surface area (Å²) in [5.74, 6) is 0. The first kappa shape index (κ1) is 51.2. The van der Waals surface area contributed by atoms with Crippen LogP contribution in [0.3, 0.4) is 0 Å². The molecule has 4 aliphatic rings. The fourth-order valence-corrected chi connectivity index (χ4v) is 12.9. The summed E-state index contributed by atoms with van der Waals surface area (Å²) in [6.07, 6.45) is 40.5. The molecule has 0 radical (unpaired) electrons. The second kappa shape index (κ2) is 24.8. The van der Waals surface area contributed by atoms with Crippen molar-refractivity contribution in [3.63, 3.8) is 0 Å². The molecule has 78 heavy (non-hydrogen) atoms. The van der Waals surface area contributed by atoms with E-state index in [0.29, 0.717) is 0 Å². The molecule has 388 valence electrons. The van der Waals surface area contributed by atoms with Crippen molar-refractivity contribution in [1.82, 2.24) is 0 Å². The summed E-state index contributed by atoms with van der Waals surface area (Å²) in [4.78, 5) is 0. The fraction of sp³-hybridized carbons (Fsp3) is 0.256. The molecular formula is C78H76. The molecule has 8 aromatic carbocycles. The molecule has 0 heterocycles. The van der Waals surface area contributed by atoms with E-state index in [1.807, 2.05) is 0 Å². The molecule has 0 nitrogen and oxygen atoms in total. The minimum atomic E-state index is 1.20. The topological polar surface area (TPSA) is 0 Å². The van der Waals surface area contributed by atoms with Gasteiger partial charge in [-0.15, -0.1) is 0 Å². The molecule has 0 unspecified atom stereocenters. The van der Waals surface area contributed by atoms with Gasteiger partial charge in [0.25, 0.3) is 0 Å². The van der Waals surface area contributed by atoms with E-state index in [1.54, 1.807) is 22.3 Å². The van der Waals surface area contributed by atoms with Crippen molar-refractivity contribution in [2.45, 2.75) is 128 Å². The predicted octanol–water partition coefficient (Wildman–Crippen LogP) is 22.7. The van der Waals surface area contributed by atoms with Crippen LogP contribution < -0.4 is 0 Å². The molecular weight excluding hydrogens is 937 g/mol. The van der Waals surface area contributed by atoms with E-state index in [-0.39, 0.29) is 0 Å². The molecule has 8 aromatic rings. The van der Waals surface area contributed by atoms with Crippen LogP contribution in [-0.2, 0) is 0 Å². The van der Waals surface area contributed by atoms with Gasteiger partial charge in [-0.3, -0.25) is 0 Å². The molecule has 0 spiro atoms. The lowest BCUT2D eigenvalue weighted by Crippen LogP contribution is -1.94. The van der Waals surface area contributed by atoms with Crippen LogP contribution >= 0.6 is 0 Å². The van der Waals surface area contributed by atoms with Gasteiger partial charge in [-0.25, -0.2) is 0 Å². The lowest BCUT2D eigenvalue weighted by atomic mass is 9.90. The number of fused-ring (bicyclic) bond motifs is 1. The van der Waals surface area contributed by atoms with Crippen molar-refractivity contribution in [2.24, 2.45) is 0 Å². The largest absolute Gasteiger partial charge is 0.0696 e. The minimum absolute atomic E-state index is 1.20. The Morgan fingerprint density at radius 3 is 0.731 bits per heavy atom. The highest BCUT2D eigenvalue weighted by molar-refractivity contribution is 6.05. The molecule has 0 aromatic heterocycles. The zero-order chi connectivity index (χ0) is 52.3. The lowest BCUT2D eigenvalue weighted by molar-refractivity contribution is 0.602. The monoisotopic (exact) mass is 1010 g/mol. The van der Waals surface area contributed by atoms with Crippen LogP contribution in [0.25, 0.3) is 80.6 Å². The van der Waals surface area contributed by atoms with Gasteiger partial charge in [0.15, 0.2) is 0 Å². The summed E-state index contributed by atoms with van der Waals surface area (Å²) in [5.41, 5.74) is 26.5. The van der Waals surface area contributed by atoms with E-state index >= 15 is 0 Å². The first-order valence-corrected chi connectivity index (χ1v) is 30.0. The molecule has 0 heteroatoms. The van der Waals surface area contributed by atoms with Gasteiger partial charge >= 0.3 is 0 Å². The third-order valence-corrected chi connectivity index (χ3v) is 17.3. The second-order valence-electron chi connectivity index (χ2n) is 23.0. The molecule has 0 N–H and O–H groups in total. The SMILES string of the molecule is C(=C1CCCCC1)c1ccc(C(=Cc2ccc(-c3ccc(-c4ccc(C=C(c5ccc(C=C6CCCCC6)cc5)c5ccc(C=C6CCCCC6)cc5)cc4)c4ccccc34)cc2)c2ccc(C=C3CCCCC3)cc2)cc1. The van der Waals surface area contributed by atoms with E-state index in [1.165, 1.54) is 228 Å². The maximum Gasteiger partial charge on any atom is -0.00992 e. The smallest absolute Gasteiger partial charge is 0.00992 e. The van der Waals surface area contributed by atoms with Crippen LogP contribution in [0, 0.1) is 0 Å². The van der Waals surface area contributed by atoms with Crippen molar-refractivity contribution in [3.8, 4) is 22.3 Å². The van der Waals surface area contributed by atoms with Gasteiger partial charge < -0.3 is 0 Å². The van der Waals surface area contributed by atoms with E-state index in [2.05, 4.69) is 218 Å². The third kappa shape index (κ3) is 12.7. The Bertz CT molecular complexity index is 3110. The van der Waals surface area contributed by atoms with Crippen LogP contribution in [0.15, 0.2) is 204 Å². The molecule has 0 amide bonds. The van der Waals surface area contributed by atoms with Crippen LogP contribution in [-0.4, -0.2) is 0 Å². The first-order chi connectivity index (χ1) is 38.6. The molecule has 0 bridgehead atoms. The summed E-state index contributed by atoms with van der Waals surface area (Å²) < 4.78 is 0. The van der Waals surface area contributed by atoms with Gasteiger partial charge in [-0.2, -0.15) is 0 Å². The predicted molar refractivity (Wildman–Crippen MR) is 339 cm³/mol. The highest BCUT2D eigenvalue weighted by Gasteiger charge is 2.15. The average Bonchev–Trinajstić information content (AvgIpc) is 3.51. The van der Waals surface area contributed by atoms with Crippen molar-refractivity contribution < 1.29 is 0 Å². The fourth-order valence-electron chi connectivity index (χ4n) is 12.9. The quantitative estimate of drug-likeness (QED) is 0.107. The van der Waals surface area contributed by atoms with Gasteiger partial charge in [0.2, 0.25) is 0 Å². The summed E-state index contributed by atoms with van der Waals surface area (Å²) in [6, 6.07) is 69.2. The Kier molecular flexibility index (Phi) is 16.3. The number of benzene rings is 8. The van der Waals surface area contributed by atoms with Crippen LogP contribution in [0.1, 0.15) is 184 Å². The van der Waals surface area contributed by atoms with Crippen molar-refractivity contribution in [1.29, 1.82) is 0 Å². The molecule has 0 aliphatic heterocycles. The summed E-state index contributed by atoms with van der Waals surface area (Å²) in [6.45, 7) is 0. The Morgan fingerprint density at radius 2 is 0.474 bits per heavy atom. The highest BCUT2D eigenvalue weighted by atomic mass is 14.2. The molecule has 4 aliphatic carbocycles. The van der Waals surface area contributed by atoms with Crippen LogP contribution in [0.5, 0.6) is 0 Å². The Morgan fingerprint density at radius 1 is 0.231 bits per heavy atom. The highest BCUT2D eigenvalue weighted by Crippen LogP contribution is 2.38. The zero-order valence-electron chi connectivity index (χ0n) is 45.9. The van der Waals surface area contributed by atoms with E-state index in [4.69, 9.17) is 0 Å². The number of hydrogen-bond acceptors (Lipinski definition) is 0.